The molecule has 1 fully saturated rings. The predicted molar refractivity (Wildman–Crippen MR) is 187 cm³/mol. The van der Waals surface area contributed by atoms with Gasteiger partial charge >= 0.3 is 12.1 Å². The van der Waals surface area contributed by atoms with Gasteiger partial charge in [-0.3, -0.25) is 43.7 Å². The van der Waals surface area contributed by atoms with Gasteiger partial charge in [0.1, 0.15) is 12.4 Å². The van der Waals surface area contributed by atoms with Crippen LogP contribution in [0.25, 0.3) is 0 Å². The molecule has 0 aromatic heterocycles. The molecule has 0 saturated carbocycles. The average molecular weight is 754 g/mol. The molecule has 290 valence electrons. The third-order valence-electron chi connectivity index (χ3n) is 8.70. The summed E-state index contributed by atoms with van der Waals surface area (Å²) < 4.78 is 10.0. The van der Waals surface area contributed by atoms with E-state index in [0.717, 1.165) is 0 Å². The highest BCUT2D eigenvalue weighted by atomic mass is 16.7. The van der Waals surface area contributed by atoms with Gasteiger partial charge in [-0.25, -0.2) is 4.79 Å². The lowest BCUT2D eigenvalue weighted by molar-refractivity contribution is -0.384. The van der Waals surface area contributed by atoms with Crippen molar-refractivity contribution in [3.05, 3.63) is 69.8 Å². The second-order valence-electron chi connectivity index (χ2n) is 12.9. The van der Waals surface area contributed by atoms with E-state index in [9.17, 15) is 48.5 Å². The number of carboxylic acid groups (broad SMARTS) is 1. The number of nitro benzene ring substituents is 1. The zero-order valence-corrected chi connectivity index (χ0v) is 29.8. The molecule has 0 spiro atoms. The average Bonchev–Trinajstić information content (AvgIpc) is 3.13. The zero-order chi connectivity index (χ0) is 39.9. The molecule has 3 atom stereocenters. The summed E-state index contributed by atoms with van der Waals surface area (Å²) in [6.07, 6.45) is -1.63. The summed E-state index contributed by atoms with van der Waals surface area (Å²) in [6, 6.07) is 8.90. The van der Waals surface area contributed by atoms with Crippen LogP contribution >= 0.6 is 0 Å². The first-order chi connectivity index (χ1) is 25.5. The molecule has 0 radical (unpaired) electrons. The molecule has 1 heterocycles. The van der Waals surface area contributed by atoms with Gasteiger partial charge in [-0.1, -0.05) is 31.2 Å². The van der Waals surface area contributed by atoms with Crippen LogP contribution in [-0.2, 0) is 51.3 Å². The Morgan fingerprint density at radius 1 is 0.889 bits per heavy atom. The molecule has 2 aromatic rings. The molecule has 1 saturated heterocycles. The van der Waals surface area contributed by atoms with Gasteiger partial charge in [0.15, 0.2) is 11.6 Å². The number of non-ortho nitro benzene ring substituents is 1. The summed E-state index contributed by atoms with van der Waals surface area (Å²) in [6.45, 7) is 3.28. The number of likely N-dealkylation sites (tertiary alicyclic amines) is 1. The maximum Gasteiger partial charge on any atom is 0.514 e. The molecule has 54 heavy (non-hydrogen) atoms. The van der Waals surface area contributed by atoms with Crippen LogP contribution in [0.2, 0.25) is 0 Å². The quantitative estimate of drug-likeness (QED) is 0.0693. The van der Waals surface area contributed by atoms with Gasteiger partial charge in [-0.05, 0) is 43.0 Å². The van der Waals surface area contributed by atoms with E-state index < -0.39 is 76.7 Å². The summed E-state index contributed by atoms with van der Waals surface area (Å²) >= 11 is 0. The van der Waals surface area contributed by atoms with E-state index >= 15 is 0 Å². The molecule has 1 aliphatic heterocycles. The highest BCUT2D eigenvalue weighted by molar-refractivity contribution is 5.96. The van der Waals surface area contributed by atoms with Gasteiger partial charge in [0, 0.05) is 56.8 Å². The SMILES string of the molecule is C[C@H](CC(=O)[C@H](C)NC(=O)CCC(=O)N1CCC(C(=O)O)CC1)C(=O)N[C@@H](CC(N)=O)C(=O)Cc1ccc(COC(=O)Oc2ccc([N+](=O)[O-])cc2)cc1. The Hall–Kier alpha value is -6.20. The smallest absolute Gasteiger partial charge is 0.481 e. The van der Waals surface area contributed by atoms with Crippen LogP contribution in [0.3, 0.4) is 0 Å². The number of rotatable bonds is 19. The molecule has 18 heteroatoms. The number of carboxylic acids is 1. The molecule has 5 N–H and O–H groups in total. The molecule has 18 nitrogen and oxygen atoms in total. The lowest BCUT2D eigenvalue weighted by Crippen LogP contribution is -2.47. The number of nitrogens with zero attached hydrogens (tertiary/aromatic N) is 2. The van der Waals surface area contributed by atoms with Crippen molar-refractivity contribution in [2.45, 2.75) is 77.5 Å². The highest BCUT2D eigenvalue weighted by Gasteiger charge is 2.29. The Bertz CT molecular complexity index is 1720. The van der Waals surface area contributed by atoms with Crippen LogP contribution in [0.15, 0.2) is 48.5 Å². The summed E-state index contributed by atoms with van der Waals surface area (Å²) in [5.41, 5.74) is 6.21. The van der Waals surface area contributed by atoms with Gasteiger partial charge in [-0.15, -0.1) is 0 Å². The number of hydrogen-bond donors (Lipinski definition) is 4. The van der Waals surface area contributed by atoms with E-state index in [0.29, 0.717) is 37.1 Å². The number of hydrogen-bond acceptors (Lipinski definition) is 12. The number of nitrogens with two attached hydrogens (primary N) is 1. The van der Waals surface area contributed by atoms with Gasteiger partial charge in [0.2, 0.25) is 23.6 Å². The van der Waals surface area contributed by atoms with E-state index in [1.807, 2.05) is 0 Å². The van der Waals surface area contributed by atoms with E-state index in [4.69, 9.17) is 20.3 Å². The predicted octanol–water partition coefficient (Wildman–Crippen LogP) is 1.99. The minimum absolute atomic E-state index is 0.0489. The normalized spacial score (nSPS) is 14.4. The largest absolute Gasteiger partial charge is 0.514 e. The summed E-state index contributed by atoms with van der Waals surface area (Å²) in [4.78, 5) is 110. The number of primary amides is 1. The maximum absolute atomic E-state index is 13.1. The number of aliphatic carboxylic acids is 1. The number of ketones is 2. The van der Waals surface area contributed by atoms with E-state index in [2.05, 4.69) is 10.6 Å². The molecule has 1 aliphatic rings. The minimum Gasteiger partial charge on any atom is -0.481 e. The van der Waals surface area contributed by atoms with Crippen LogP contribution in [0.1, 0.15) is 63.5 Å². The van der Waals surface area contributed by atoms with Crippen LogP contribution in [-0.4, -0.2) is 87.4 Å². The molecular weight excluding hydrogens is 710 g/mol. The fourth-order valence-corrected chi connectivity index (χ4v) is 5.46. The summed E-state index contributed by atoms with van der Waals surface area (Å²) in [5.74, 6) is -5.66. The maximum atomic E-state index is 13.1. The number of amides is 4. The fourth-order valence-electron chi connectivity index (χ4n) is 5.46. The standard InChI is InChI=1S/C36H43N5O13/c1-21(17-29(42)22(2)38-32(45)11-12-33(46)40-15-13-25(14-16-40)35(48)49)34(47)39-28(19-31(37)44)30(43)18-23-3-5-24(6-4-23)20-53-36(50)54-27-9-7-26(8-10-27)41(51)52/h3-10,21-22,25,28H,11-20H2,1-2H3,(H2,37,44)(H,38,45)(H,39,47)(H,48,49)/t21-,22+,28+/m1/s1. The van der Waals surface area contributed by atoms with Crippen molar-refractivity contribution in [2.24, 2.45) is 17.6 Å². The number of carbonyl (C=O) groups excluding carboxylic acids is 7. The number of nitro groups is 1. The van der Waals surface area contributed by atoms with Gasteiger partial charge in [-0.2, -0.15) is 0 Å². The van der Waals surface area contributed by atoms with Crippen molar-refractivity contribution in [3.8, 4) is 5.75 Å². The van der Waals surface area contributed by atoms with E-state index in [1.165, 1.54) is 43.0 Å². The third kappa shape index (κ3) is 13.7. The number of piperidine rings is 1. The Labute approximate surface area is 309 Å². The van der Waals surface area contributed by atoms with Crippen LogP contribution in [0.5, 0.6) is 5.75 Å². The Morgan fingerprint density at radius 2 is 1.50 bits per heavy atom. The van der Waals surface area contributed by atoms with Crippen LogP contribution in [0.4, 0.5) is 10.5 Å². The van der Waals surface area contributed by atoms with Crippen molar-refractivity contribution in [1.82, 2.24) is 15.5 Å². The highest BCUT2D eigenvalue weighted by Crippen LogP contribution is 2.19. The third-order valence-corrected chi connectivity index (χ3v) is 8.70. The first-order valence-electron chi connectivity index (χ1n) is 17.1. The lowest BCUT2D eigenvalue weighted by Gasteiger charge is -2.30. The van der Waals surface area contributed by atoms with E-state index in [-0.39, 0.29) is 49.6 Å². The summed E-state index contributed by atoms with van der Waals surface area (Å²) in [7, 11) is 0. The van der Waals surface area contributed by atoms with Crippen molar-refractivity contribution in [3.63, 3.8) is 0 Å². The molecule has 2 aromatic carbocycles. The first-order valence-corrected chi connectivity index (χ1v) is 17.1. The Kier molecular flexibility index (Phi) is 15.8. The van der Waals surface area contributed by atoms with Gasteiger partial charge in [0.25, 0.3) is 5.69 Å². The molecule has 4 amide bonds. The number of Topliss-reactive ketones (excluding diaryl/α,β-unsaturated/α-hetero) is 2. The zero-order valence-electron chi connectivity index (χ0n) is 29.8. The van der Waals surface area contributed by atoms with Crippen molar-refractivity contribution >= 4 is 53.0 Å². The first kappa shape index (κ1) is 42.2. The number of benzene rings is 2. The molecule has 0 bridgehead atoms. The lowest BCUT2D eigenvalue weighted by atomic mass is 9.96. The minimum atomic E-state index is -1.28. The van der Waals surface area contributed by atoms with Crippen LogP contribution in [0, 0.1) is 22.0 Å². The van der Waals surface area contributed by atoms with Gasteiger partial charge < -0.3 is 35.8 Å². The number of carbonyl (C=O) groups is 8. The van der Waals surface area contributed by atoms with Gasteiger partial charge in [0.05, 0.1) is 29.3 Å². The molecule has 0 aliphatic carbocycles. The van der Waals surface area contributed by atoms with Crippen molar-refractivity contribution < 1.29 is 57.9 Å². The number of nitrogens with one attached hydrogen (secondary N) is 2. The Morgan fingerprint density at radius 3 is 2.07 bits per heavy atom. The molecule has 3 rings (SSSR count). The molecule has 0 unspecified atom stereocenters. The topological polar surface area (TPSA) is 272 Å². The second-order valence-corrected chi connectivity index (χ2v) is 12.9. The summed E-state index contributed by atoms with van der Waals surface area (Å²) in [5, 5.41) is 24.9. The molecular formula is C36H43N5O13. The van der Waals surface area contributed by atoms with E-state index in [1.54, 1.807) is 24.3 Å². The van der Waals surface area contributed by atoms with Crippen molar-refractivity contribution in [1.29, 1.82) is 0 Å². The van der Waals surface area contributed by atoms with Crippen LogP contribution < -0.4 is 21.1 Å². The second kappa shape index (κ2) is 20.1. The van der Waals surface area contributed by atoms with Crippen molar-refractivity contribution in [2.75, 3.05) is 13.1 Å². The monoisotopic (exact) mass is 753 g/mol. The fraction of sp³-hybridized carbons (Fsp3) is 0.444. The number of ether oxygens (including phenoxy) is 2. The Balaban J connectivity index is 1.43.